The second-order valence-corrected chi connectivity index (χ2v) is 6.01. The van der Waals surface area contributed by atoms with Crippen LogP contribution in [0.25, 0.3) is 6.08 Å². The van der Waals surface area contributed by atoms with Gasteiger partial charge in [0.2, 0.25) is 5.90 Å². The van der Waals surface area contributed by atoms with Crippen LogP contribution in [0.4, 0.5) is 0 Å². The first-order valence-corrected chi connectivity index (χ1v) is 7.80. The van der Waals surface area contributed by atoms with Crippen LogP contribution in [0.5, 0.6) is 5.75 Å². The van der Waals surface area contributed by atoms with Crippen LogP contribution in [-0.2, 0) is 9.53 Å². The van der Waals surface area contributed by atoms with Crippen molar-refractivity contribution in [1.29, 1.82) is 0 Å². The summed E-state index contributed by atoms with van der Waals surface area (Å²) >= 11 is 1.55. The zero-order valence-electron chi connectivity index (χ0n) is 12.3. The molecule has 2 heterocycles. The highest BCUT2D eigenvalue weighted by molar-refractivity contribution is 7.14. The Labute approximate surface area is 132 Å². The molecule has 4 nitrogen and oxygen atoms in total. The van der Waals surface area contributed by atoms with Gasteiger partial charge in [0.1, 0.15) is 5.75 Å². The molecule has 0 atom stereocenters. The molecule has 0 N–H and O–H groups in total. The van der Waals surface area contributed by atoms with Crippen molar-refractivity contribution in [3.63, 3.8) is 0 Å². The number of para-hydroxylation sites is 1. The highest BCUT2D eigenvalue weighted by Crippen LogP contribution is 2.26. The predicted molar refractivity (Wildman–Crippen MR) is 87.3 cm³/mol. The lowest BCUT2D eigenvalue weighted by Gasteiger charge is -2.06. The first-order valence-electron chi connectivity index (χ1n) is 6.98. The quantitative estimate of drug-likeness (QED) is 0.637. The minimum atomic E-state index is -0.438. The molecule has 1 aliphatic rings. The third-order valence-electron chi connectivity index (χ3n) is 3.08. The number of ether oxygens (including phenoxy) is 2. The number of carbonyl (C=O) groups excluding carboxylic acids is 1. The van der Waals surface area contributed by atoms with Gasteiger partial charge in [-0.3, -0.25) is 0 Å². The molecule has 0 aliphatic carbocycles. The number of aliphatic imine (C=N–C) groups is 1. The summed E-state index contributed by atoms with van der Waals surface area (Å²) < 4.78 is 10.8. The smallest absolute Gasteiger partial charge is 0.363 e. The van der Waals surface area contributed by atoms with Crippen molar-refractivity contribution < 1.29 is 14.3 Å². The van der Waals surface area contributed by atoms with E-state index < -0.39 is 5.97 Å². The van der Waals surface area contributed by atoms with Crippen molar-refractivity contribution in [1.82, 2.24) is 0 Å². The molecule has 0 amide bonds. The molecule has 2 aromatic rings. The lowest BCUT2D eigenvalue weighted by molar-refractivity contribution is -0.129. The summed E-state index contributed by atoms with van der Waals surface area (Å²) in [7, 11) is 0. The maximum absolute atomic E-state index is 12.0. The Morgan fingerprint density at radius 2 is 2.09 bits per heavy atom. The largest absolute Gasteiger partial charge is 0.493 e. The number of cyclic esters (lactones) is 1. The maximum atomic E-state index is 12.0. The first kappa shape index (κ1) is 14.5. The lowest BCUT2D eigenvalue weighted by Crippen LogP contribution is -2.03. The van der Waals surface area contributed by atoms with E-state index in [2.05, 4.69) is 4.99 Å². The molecule has 0 unspecified atom stereocenters. The number of nitrogens with zero attached hydrogens (tertiary/aromatic N) is 1. The number of esters is 1. The van der Waals surface area contributed by atoms with E-state index in [4.69, 9.17) is 9.47 Å². The van der Waals surface area contributed by atoms with E-state index in [9.17, 15) is 4.79 Å². The van der Waals surface area contributed by atoms with Gasteiger partial charge in [0, 0.05) is 10.4 Å². The van der Waals surface area contributed by atoms with E-state index in [-0.39, 0.29) is 5.70 Å². The molecular weight excluding hydrogens is 298 g/mol. The maximum Gasteiger partial charge on any atom is 0.363 e. The minimum Gasteiger partial charge on any atom is -0.493 e. The molecule has 0 fully saturated rings. The Bertz CT molecular complexity index is 774. The van der Waals surface area contributed by atoms with Crippen molar-refractivity contribution >= 4 is 29.3 Å². The summed E-state index contributed by atoms with van der Waals surface area (Å²) in [5.74, 6) is 0.650. The molecule has 0 radical (unpaired) electrons. The Hall–Kier alpha value is -2.40. The third-order valence-corrected chi connectivity index (χ3v) is 4.07. The Kier molecular flexibility index (Phi) is 4.06. The molecule has 1 aliphatic heterocycles. The Morgan fingerprint density at radius 3 is 2.82 bits per heavy atom. The van der Waals surface area contributed by atoms with Gasteiger partial charge in [0.25, 0.3) is 0 Å². The highest BCUT2D eigenvalue weighted by Gasteiger charge is 2.25. The van der Waals surface area contributed by atoms with Crippen molar-refractivity contribution in [2.75, 3.05) is 6.61 Å². The number of benzene rings is 1. The fourth-order valence-electron chi connectivity index (χ4n) is 2.10. The monoisotopic (exact) mass is 313 g/mol. The van der Waals surface area contributed by atoms with Gasteiger partial charge in [-0.2, -0.15) is 0 Å². The van der Waals surface area contributed by atoms with Crippen LogP contribution in [0, 0.1) is 6.92 Å². The summed E-state index contributed by atoms with van der Waals surface area (Å²) in [6.07, 6.45) is 1.70. The summed E-state index contributed by atoms with van der Waals surface area (Å²) in [5.41, 5.74) is 1.09. The SMILES string of the molecule is CCOc1ccccc1/C=C1\N=C(c2ccc(C)s2)OC1=O. The van der Waals surface area contributed by atoms with Crippen LogP contribution in [0.15, 0.2) is 47.1 Å². The zero-order chi connectivity index (χ0) is 15.5. The molecule has 0 spiro atoms. The van der Waals surface area contributed by atoms with Crippen LogP contribution >= 0.6 is 11.3 Å². The first-order chi connectivity index (χ1) is 10.7. The van der Waals surface area contributed by atoms with Gasteiger partial charge in [0.15, 0.2) is 5.70 Å². The second kappa shape index (κ2) is 6.15. The van der Waals surface area contributed by atoms with Crippen molar-refractivity contribution in [3.8, 4) is 5.75 Å². The minimum absolute atomic E-state index is 0.285. The topological polar surface area (TPSA) is 47.9 Å². The van der Waals surface area contributed by atoms with E-state index in [1.165, 1.54) is 0 Å². The van der Waals surface area contributed by atoms with E-state index in [1.54, 1.807) is 17.4 Å². The third kappa shape index (κ3) is 2.94. The van der Waals surface area contributed by atoms with E-state index >= 15 is 0 Å². The average molecular weight is 313 g/mol. The molecule has 0 saturated heterocycles. The van der Waals surface area contributed by atoms with E-state index in [0.29, 0.717) is 12.5 Å². The number of hydrogen-bond acceptors (Lipinski definition) is 5. The fraction of sp³-hybridized carbons (Fsp3) is 0.176. The molecule has 5 heteroatoms. The lowest BCUT2D eigenvalue weighted by atomic mass is 10.1. The van der Waals surface area contributed by atoms with E-state index in [0.717, 1.165) is 21.1 Å². The van der Waals surface area contributed by atoms with Gasteiger partial charge < -0.3 is 9.47 Å². The van der Waals surface area contributed by atoms with Gasteiger partial charge in [-0.25, -0.2) is 9.79 Å². The fourth-order valence-corrected chi connectivity index (χ4v) is 2.89. The van der Waals surface area contributed by atoms with Gasteiger partial charge >= 0.3 is 5.97 Å². The van der Waals surface area contributed by atoms with Gasteiger partial charge in [-0.05, 0) is 38.1 Å². The molecule has 0 saturated carbocycles. The number of hydrogen-bond donors (Lipinski definition) is 0. The molecule has 0 bridgehead atoms. The molecule has 1 aromatic heterocycles. The summed E-state index contributed by atoms with van der Waals surface area (Å²) in [4.78, 5) is 18.3. The number of thiophene rings is 1. The van der Waals surface area contributed by atoms with Crippen LogP contribution in [0.3, 0.4) is 0 Å². The van der Waals surface area contributed by atoms with Crippen molar-refractivity contribution in [3.05, 3.63) is 57.4 Å². The standard InChI is InChI=1S/C17H15NO3S/c1-3-20-14-7-5-4-6-12(14)10-13-17(19)21-16(18-13)15-9-8-11(2)22-15/h4-10H,3H2,1-2H3/b13-10-. The van der Waals surface area contributed by atoms with Crippen LogP contribution in [0.2, 0.25) is 0 Å². The van der Waals surface area contributed by atoms with Crippen molar-refractivity contribution in [2.45, 2.75) is 13.8 Å². The van der Waals surface area contributed by atoms with Crippen LogP contribution in [0.1, 0.15) is 22.2 Å². The van der Waals surface area contributed by atoms with Crippen molar-refractivity contribution in [2.24, 2.45) is 4.99 Å². The molecular formula is C17H15NO3S. The Balaban J connectivity index is 1.94. The van der Waals surface area contributed by atoms with Gasteiger partial charge in [-0.1, -0.05) is 18.2 Å². The number of rotatable bonds is 4. The predicted octanol–water partition coefficient (Wildman–Crippen LogP) is 3.80. The van der Waals surface area contributed by atoms with Crippen LogP contribution < -0.4 is 4.74 Å². The Morgan fingerprint density at radius 1 is 1.27 bits per heavy atom. The average Bonchev–Trinajstić information content (AvgIpc) is 3.08. The van der Waals surface area contributed by atoms with Gasteiger partial charge in [-0.15, -0.1) is 11.3 Å². The summed E-state index contributed by atoms with van der Waals surface area (Å²) in [5, 5.41) is 0. The summed E-state index contributed by atoms with van der Waals surface area (Å²) in [6, 6.07) is 11.4. The summed E-state index contributed by atoms with van der Waals surface area (Å²) in [6.45, 7) is 4.48. The normalized spacial score (nSPS) is 15.8. The van der Waals surface area contributed by atoms with Gasteiger partial charge in [0.05, 0.1) is 11.5 Å². The van der Waals surface area contributed by atoms with Crippen LogP contribution in [-0.4, -0.2) is 18.5 Å². The molecule has 3 rings (SSSR count). The van der Waals surface area contributed by atoms with E-state index in [1.807, 2.05) is 50.2 Å². The number of carbonyl (C=O) groups is 1. The number of aryl methyl sites for hydroxylation is 1. The second-order valence-electron chi connectivity index (χ2n) is 4.72. The molecule has 1 aromatic carbocycles. The molecule has 112 valence electrons. The molecule has 22 heavy (non-hydrogen) atoms. The highest BCUT2D eigenvalue weighted by atomic mass is 32.1. The zero-order valence-corrected chi connectivity index (χ0v) is 13.1.